The van der Waals surface area contributed by atoms with Gasteiger partial charge in [-0.25, -0.2) is 4.39 Å². The Morgan fingerprint density at radius 3 is 2.79 bits per heavy atom. The number of halogens is 1. The third-order valence-corrected chi connectivity index (χ3v) is 2.10. The van der Waals surface area contributed by atoms with Gasteiger partial charge in [-0.1, -0.05) is 0 Å². The molecule has 1 aromatic heterocycles. The molecule has 2 aromatic rings. The van der Waals surface area contributed by atoms with E-state index in [1.165, 1.54) is 6.07 Å². The van der Waals surface area contributed by atoms with Crippen LogP contribution < -0.4 is 0 Å². The maximum absolute atomic E-state index is 13.5. The number of rotatable bonds is 1. The van der Waals surface area contributed by atoms with Crippen molar-refractivity contribution in [3.63, 3.8) is 0 Å². The Hall–Kier alpha value is -1.77. The van der Waals surface area contributed by atoms with Crippen molar-refractivity contribution in [2.45, 2.75) is 6.92 Å². The van der Waals surface area contributed by atoms with Crippen LogP contribution in [0.2, 0.25) is 0 Å². The Kier molecular flexibility index (Phi) is 2.00. The fourth-order valence-corrected chi connectivity index (χ4v) is 1.38. The van der Waals surface area contributed by atoms with Gasteiger partial charge in [-0.2, -0.15) is 0 Å². The van der Waals surface area contributed by atoms with Crippen LogP contribution in [0.4, 0.5) is 4.39 Å². The summed E-state index contributed by atoms with van der Waals surface area (Å²) >= 11 is 0. The number of aldehydes is 1. The molecule has 0 N–H and O–H groups in total. The lowest BCUT2D eigenvalue weighted by atomic mass is 10.1. The number of carbonyl (C=O) groups excluding carboxylic acids is 1. The lowest BCUT2D eigenvalue weighted by molar-refractivity contribution is 0.112. The van der Waals surface area contributed by atoms with E-state index < -0.39 is 5.82 Å². The summed E-state index contributed by atoms with van der Waals surface area (Å²) in [4.78, 5) is 14.6. The second kappa shape index (κ2) is 3.18. The van der Waals surface area contributed by atoms with Crippen LogP contribution in [0.25, 0.3) is 10.9 Å². The Bertz CT molecular complexity index is 508. The van der Waals surface area contributed by atoms with E-state index in [2.05, 4.69) is 4.98 Å². The second-order valence-corrected chi connectivity index (χ2v) is 3.11. The minimum absolute atomic E-state index is 0.0724. The van der Waals surface area contributed by atoms with Crippen molar-refractivity contribution in [3.8, 4) is 0 Å². The molecule has 0 radical (unpaired) electrons. The largest absolute Gasteiger partial charge is 0.298 e. The van der Waals surface area contributed by atoms with Gasteiger partial charge in [0, 0.05) is 11.1 Å². The molecule has 0 saturated carbocycles. The lowest BCUT2D eigenvalue weighted by Gasteiger charge is -2.01. The molecule has 0 aliphatic carbocycles. The van der Waals surface area contributed by atoms with Crippen LogP contribution >= 0.6 is 0 Å². The van der Waals surface area contributed by atoms with E-state index in [1.807, 2.05) is 6.92 Å². The van der Waals surface area contributed by atoms with Gasteiger partial charge < -0.3 is 0 Å². The van der Waals surface area contributed by atoms with E-state index in [4.69, 9.17) is 0 Å². The molecule has 2 nitrogen and oxygen atoms in total. The molecule has 70 valence electrons. The molecule has 1 heterocycles. The maximum atomic E-state index is 13.5. The summed E-state index contributed by atoms with van der Waals surface area (Å²) in [6.07, 6.45) is 0.509. The normalized spacial score (nSPS) is 10.4. The smallest absolute Gasteiger partial charge is 0.153 e. The number of fused-ring (bicyclic) bond motifs is 1. The second-order valence-electron chi connectivity index (χ2n) is 3.11. The zero-order valence-electron chi connectivity index (χ0n) is 7.62. The van der Waals surface area contributed by atoms with Gasteiger partial charge in [0.05, 0.1) is 11.1 Å². The Morgan fingerprint density at radius 2 is 2.07 bits per heavy atom. The highest BCUT2D eigenvalue weighted by Crippen LogP contribution is 2.18. The SMILES string of the molecule is Cc1ccc2c(F)c(C=O)ccc2n1. The van der Waals surface area contributed by atoms with Crippen molar-refractivity contribution in [1.82, 2.24) is 4.98 Å². The van der Waals surface area contributed by atoms with E-state index >= 15 is 0 Å². The fourth-order valence-electron chi connectivity index (χ4n) is 1.38. The summed E-state index contributed by atoms with van der Waals surface area (Å²) in [7, 11) is 0. The van der Waals surface area contributed by atoms with Crippen molar-refractivity contribution in [2.24, 2.45) is 0 Å². The first-order chi connectivity index (χ1) is 6.72. The number of hydrogen-bond donors (Lipinski definition) is 0. The molecular formula is C11H8FNO. The van der Waals surface area contributed by atoms with Gasteiger partial charge in [-0.15, -0.1) is 0 Å². The lowest BCUT2D eigenvalue weighted by Crippen LogP contribution is -1.91. The van der Waals surface area contributed by atoms with Gasteiger partial charge in [0.15, 0.2) is 6.29 Å². The molecule has 0 unspecified atom stereocenters. The maximum Gasteiger partial charge on any atom is 0.153 e. The summed E-state index contributed by atoms with van der Waals surface area (Å²) < 4.78 is 13.5. The highest BCUT2D eigenvalue weighted by molar-refractivity contribution is 5.87. The van der Waals surface area contributed by atoms with Crippen LogP contribution in [0, 0.1) is 12.7 Å². The highest BCUT2D eigenvalue weighted by atomic mass is 19.1. The number of aromatic nitrogens is 1. The first-order valence-corrected chi connectivity index (χ1v) is 4.23. The van der Waals surface area contributed by atoms with E-state index in [0.717, 1.165) is 5.69 Å². The van der Waals surface area contributed by atoms with E-state index in [-0.39, 0.29) is 5.56 Å². The van der Waals surface area contributed by atoms with Crippen molar-refractivity contribution in [3.05, 3.63) is 41.3 Å². The minimum atomic E-state index is -0.495. The molecule has 0 aliphatic heterocycles. The molecule has 0 saturated heterocycles. The summed E-state index contributed by atoms with van der Waals surface area (Å²) in [5.41, 5.74) is 1.48. The number of aryl methyl sites for hydroxylation is 1. The van der Waals surface area contributed by atoms with Gasteiger partial charge in [0.1, 0.15) is 5.82 Å². The van der Waals surface area contributed by atoms with Crippen LogP contribution in [-0.2, 0) is 0 Å². The average Bonchev–Trinajstić information content (AvgIpc) is 2.18. The molecule has 0 aliphatic rings. The van der Waals surface area contributed by atoms with Gasteiger partial charge in [0.25, 0.3) is 0 Å². The standard InChI is InChI=1S/C11H8FNO/c1-7-2-4-9-10(13-7)5-3-8(6-14)11(9)12/h2-6H,1H3. The third kappa shape index (κ3) is 1.27. The van der Waals surface area contributed by atoms with Crippen molar-refractivity contribution >= 4 is 17.2 Å². The van der Waals surface area contributed by atoms with Crippen LogP contribution in [0.1, 0.15) is 16.1 Å². The average molecular weight is 189 g/mol. The quantitative estimate of drug-likeness (QED) is 0.645. The van der Waals surface area contributed by atoms with Gasteiger partial charge in [0.2, 0.25) is 0 Å². The Balaban J connectivity index is 2.83. The van der Waals surface area contributed by atoms with Crippen LogP contribution in [-0.4, -0.2) is 11.3 Å². The molecule has 2 rings (SSSR count). The summed E-state index contributed by atoms with van der Waals surface area (Å²) in [5.74, 6) is -0.495. The van der Waals surface area contributed by atoms with Gasteiger partial charge >= 0.3 is 0 Å². The van der Waals surface area contributed by atoms with Crippen LogP contribution in [0.5, 0.6) is 0 Å². The van der Waals surface area contributed by atoms with E-state index in [0.29, 0.717) is 17.2 Å². The number of benzene rings is 1. The van der Waals surface area contributed by atoms with Gasteiger partial charge in [-0.05, 0) is 31.2 Å². The number of nitrogens with zero attached hydrogens (tertiary/aromatic N) is 1. The van der Waals surface area contributed by atoms with Crippen LogP contribution in [0.15, 0.2) is 24.3 Å². The molecule has 1 aromatic carbocycles. The Labute approximate surface area is 80.4 Å². The molecule has 0 amide bonds. The van der Waals surface area contributed by atoms with Crippen molar-refractivity contribution in [2.75, 3.05) is 0 Å². The minimum Gasteiger partial charge on any atom is -0.298 e. The predicted octanol–water partition coefficient (Wildman–Crippen LogP) is 2.49. The first-order valence-electron chi connectivity index (χ1n) is 4.23. The zero-order valence-corrected chi connectivity index (χ0v) is 7.62. The summed E-state index contributed by atoms with van der Waals surface area (Å²) in [6, 6.07) is 6.45. The summed E-state index contributed by atoms with van der Waals surface area (Å²) in [6.45, 7) is 1.84. The number of carbonyl (C=O) groups is 1. The highest BCUT2D eigenvalue weighted by Gasteiger charge is 2.06. The topological polar surface area (TPSA) is 30.0 Å². The molecule has 3 heteroatoms. The van der Waals surface area contributed by atoms with Crippen molar-refractivity contribution < 1.29 is 9.18 Å². The Morgan fingerprint density at radius 1 is 1.29 bits per heavy atom. The predicted molar refractivity (Wildman–Crippen MR) is 51.8 cm³/mol. The fraction of sp³-hybridized carbons (Fsp3) is 0.0909. The van der Waals surface area contributed by atoms with E-state index in [9.17, 15) is 9.18 Å². The first kappa shape index (κ1) is 8.81. The molecule has 0 spiro atoms. The molecule has 0 bridgehead atoms. The van der Waals surface area contributed by atoms with Gasteiger partial charge in [-0.3, -0.25) is 9.78 Å². The number of hydrogen-bond acceptors (Lipinski definition) is 2. The molecule has 0 fully saturated rings. The summed E-state index contributed by atoms with van der Waals surface area (Å²) in [5, 5.41) is 0.389. The third-order valence-electron chi connectivity index (χ3n) is 2.10. The molecule has 0 atom stereocenters. The van der Waals surface area contributed by atoms with Crippen molar-refractivity contribution in [1.29, 1.82) is 0 Å². The van der Waals surface area contributed by atoms with Crippen LogP contribution in [0.3, 0.4) is 0 Å². The zero-order chi connectivity index (χ0) is 10.1. The van der Waals surface area contributed by atoms with E-state index in [1.54, 1.807) is 18.2 Å². The molecular weight excluding hydrogens is 181 g/mol. The number of pyridine rings is 1. The molecule has 14 heavy (non-hydrogen) atoms. The monoisotopic (exact) mass is 189 g/mol.